The summed E-state index contributed by atoms with van der Waals surface area (Å²) in [6.07, 6.45) is 4.18. The Labute approximate surface area is 98.2 Å². The molecule has 3 N–H and O–H groups in total. The van der Waals surface area contributed by atoms with E-state index in [2.05, 4.69) is 25.8 Å². The highest BCUT2D eigenvalue weighted by Gasteiger charge is 2.02. The normalized spacial score (nSPS) is 10.9. The summed E-state index contributed by atoms with van der Waals surface area (Å²) in [5.74, 6) is 0.770. The quantitative estimate of drug-likeness (QED) is 0.613. The minimum atomic E-state index is 0.557. The summed E-state index contributed by atoms with van der Waals surface area (Å²) in [6.45, 7) is 2.61. The molecule has 92 valence electrons. The van der Waals surface area contributed by atoms with E-state index in [0.717, 1.165) is 18.8 Å². The molecule has 0 unspecified atom stereocenters. The van der Waals surface area contributed by atoms with E-state index in [1.165, 1.54) is 0 Å². The van der Waals surface area contributed by atoms with Crippen molar-refractivity contribution in [3.63, 3.8) is 0 Å². The van der Waals surface area contributed by atoms with E-state index in [-0.39, 0.29) is 0 Å². The number of nitrogens with two attached hydrogens (primary N) is 1. The van der Waals surface area contributed by atoms with Gasteiger partial charge < -0.3 is 15.8 Å². The van der Waals surface area contributed by atoms with Gasteiger partial charge in [-0.3, -0.25) is 4.98 Å². The molecule has 0 atom stereocenters. The Morgan fingerprint density at radius 1 is 1.35 bits per heavy atom. The molecule has 2 heterocycles. The highest BCUT2D eigenvalue weighted by molar-refractivity contribution is 5.43. The molecule has 0 aliphatic carbocycles. The van der Waals surface area contributed by atoms with E-state index in [1.54, 1.807) is 16.9 Å². The number of ether oxygens (including phenoxy) is 1. The standard InChI is InChI=1S/C9H15N7O/c10-2-5-17-4-1-3-12-8-6-11-7-9-13-14-15-16(8)9/h6-7,12H,1-5,10H2. The van der Waals surface area contributed by atoms with Crippen LogP contribution in [0, 0.1) is 0 Å². The van der Waals surface area contributed by atoms with Crippen LogP contribution in [0.1, 0.15) is 6.42 Å². The van der Waals surface area contributed by atoms with Crippen molar-refractivity contribution in [2.75, 3.05) is 31.6 Å². The molecule has 0 saturated heterocycles. The summed E-state index contributed by atoms with van der Waals surface area (Å²) in [4.78, 5) is 4.04. The maximum Gasteiger partial charge on any atom is 0.199 e. The first-order valence-corrected chi connectivity index (χ1v) is 5.45. The van der Waals surface area contributed by atoms with Crippen LogP contribution in [-0.2, 0) is 4.74 Å². The molecule has 0 amide bonds. The van der Waals surface area contributed by atoms with Crippen LogP contribution in [0.3, 0.4) is 0 Å². The second-order valence-electron chi connectivity index (χ2n) is 3.42. The Bertz CT molecular complexity index is 457. The topological polar surface area (TPSA) is 103 Å². The molecule has 0 bridgehead atoms. The second-order valence-corrected chi connectivity index (χ2v) is 3.42. The Hall–Kier alpha value is -1.80. The molecule has 8 heteroatoms. The SMILES string of the molecule is NCCOCCCNc1cncc2nnnn12. The molecule has 0 radical (unpaired) electrons. The number of hydrogen-bond acceptors (Lipinski definition) is 7. The Morgan fingerprint density at radius 3 is 3.18 bits per heavy atom. The van der Waals surface area contributed by atoms with Crippen LogP contribution in [0.5, 0.6) is 0 Å². The number of rotatable bonds is 7. The lowest BCUT2D eigenvalue weighted by Gasteiger charge is -2.06. The average molecular weight is 237 g/mol. The third kappa shape index (κ3) is 3.08. The molecule has 2 aromatic heterocycles. The van der Waals surface area contributed by atoms with E-state index in [9.17, 15) is 0 Å². The Morgan fingerprint density at radius 2 is 2.29 bits per heavy atom. The number of anilines is 1. The zero-order valence-electron chi connectivity index (χ0n) is 9.41. The van der Waals surface area contributed by atoms with Gasteiger partial charge in [0, 0.05) is 19.7 Å². The van der Waals surface area contributed by atoms with Crippen LogP contribution < -0.4 is 11.1 Å². The van der Waals surface area contributed by atoms with E-state index < -0.39 is 0 Å². The predicted molar refractivity (Wildman–Crippen MR) is 61.6 cm³/mol. The summed E-state index contributed by atoms with van der Waals surface area (Å²) in [7, 11) is 0. The molecule has 0 spiro atoms. The van der Waals surface area contributed by atoms with Gasteiger partial charge >= 0.3 is 0 Å². The van der Waals surface area contributed by atoms with Crippen LogP contribution in [0.15, 0.2) is 12.4 Å². The number of fused-ring (bicyclic) bond motifs is 1. The van der Waals surface area contributed by atoms with E-state index in [0.29, 0.717) is 25.4 Å². The van der Waals surface area contributed by atoms with E-state index >= 15 is 0 Å². The zero-order chi connectivity index (χ0) is 11.9. The molecule has 17 heavy (non-hydrogen) atoms. The fourth-order valence-electron chi connectivity index (χ4n) is 1.37. The molecule has 0 aliphatic rings. The molecule has 0 aromatic carbocycles. The summed E-state index contributed by atoms with van der Waals surface area (Å²) in [6, 6.07) is 0. The zero-order valence-corrected chi connectivity index (χ0v) is 9.41. The van der Waals surface area contributed by atoms with Crippen LogP contribution in [0.25, 0.3) is 5.65 Å². The lowest BCUT2D eigenvalue weighted by atomic mass is 10.4. The number of nitrogens with zero attached hydrogens (tertiary/aromatic N) is 5. The van der Waals surface area contributed by atoms with Gasteiger partial charge in [0.25, 0.3) is 0 Å². The fourth-order valence-corrected chi connectivity index (χ4v) is 1.37. The molecule has 0 aliphatic heterocycles. The number of aromatic nitrogens is 5. The van der Waals surface area contributed by atoms with Gasteiger partial charge in [-0.1, -0.05) is 0 Å². The van der Waals surface area contributed by atoms with Crippen molar-refractivity contribution in [2.24, 2.45) is 5.73 Å². The lowest BCUT2D eigenvalue weighted by Crippen LogP contribution is -2.12. The van der Waals surface area contributed by atoms with Crippen molar-refractivity contribution in [2.45, 2.75) is 6.42 Å². The second kappa shape index (κ2) is 6.06. The van der Waals surface area contributed by atoms with Crippen LogP contribution in [0.2, 0.25) is 0 Å². The van der Waals surface area contributed by atoms with Gasteiger partial charge in [0.1, 0.15) is 5.82 Å². The van der Waals surface area contributed by atoms with Crippen molar-refractivity contribution < 1.29 is 4.74 Å². The van der Waals surface area contributed by atoms with Crippen molar-refractivity contribution in [3.8, 4) is 0 Å². The van der Waals surface area contributed by atoms with Crippen LogP contribution >= 0.6 is 0 Å². The Kier molecular flexibility index (Phi) is 4.17. The first-order valence-electron chi connectivity index (χ1n) is 5.45. The highest BCUT2D eigenvalue weighted by atomic mass is 16.5. The van der Waals surface area contributed by atoms with E-state index in [4.69, 9.17) is 10.5 Å². The van der Waals surface area contributed by atoms with Crippen LogP contribution in [-0.4, -0.2) is 51.3 Å². The first kappa shape index (κ1) is 11.7. The maximum absolute atomic E-state index is 5.31. The lowest BCUT2D eigenvalue weighted by molar-refractivity contribution is 0.141. The summed E-state index contributed by atoms with van der Waals surface area (Å²) < 4.78 is 6.87. The van der Waals surface area contributed by atoms with Crippen molar-refractivity contribution in [3.05, 3.63) is 12.4 Å². The van der Waals surface area contributed by atoms with Gasteiger partial charge in [-0.15, -0.1) is 5.10 Å². The van der Waals surface area contributed by atoms with Gasteiger partial charge in [0.05, 0.1) is 19.0 Å². The van der Waals surface area contributed by atoms with Gasteiger partial charge in [-0.2, -0.15) is 4.52 Å². The monoisotopic (exact) mass is 237 g/mol. The van der Waals surface area contributed by atoms with Gasteiger partial charge in [0.2, 0.25) is 0 Å². The third-order valence-corrected chi connectivity index (χ3v) is 2.14. The highest BCUT2D eigenvalue weighted by Crippen LogP contribution is 2.05. The minimum Gasteiger partial charge on any atom is -0.380 e. The number of hydrogen-bond donors (Lipinski definition) is 2. The first-order chi connectivity index (χ1) is 8.42. The van der Waals surface area contributed by atoms with Crippen molar-refractivity contribution in [1.82, 2.24) is 25.0 Å². The fraction of sp³-hybridized carbons (Fsp3) is 0.556. The summed E-state index contributed by atoms with van der Waals surface area (Å²) >= 11 is 0. The number of nitrogens with one attached hydrogen (secondary N) is 1. The molecule has 0 saturated carbocycles. The van der Waals surface area contributed by atoms with Gasteiger partial charge in [-0.25, -0.2) is 0 Å². The van der Waals surface area contributed by atoms with Crippen molar-refractivity contribution in [1.29, 1.82) is 0 Å². The van der Waals surface area contributed by atoms with Gasteiger partial charge in [-0.05, 0) is 16.8 Å². The van der Waals surface area contributed by atoms with Gasteiger partial charge in [0.15, 0.2) is 5.65 Å². The maximum atomic E-state index is 5.31. The molecular formula is C9H15N7O. The molecule has 8 nitrogen and oxygen atoms in total. The average Bonchev–Trinajstić information content (AvgIpc) is 2.82. The largest absolute Gasteiger partial charge is 0.380 e. The Balaban J connectivity index is 1.80. The third-order valence-electron chi connectivity index (χ3n) is 2.14. The molecule has 2 rings (SSSR count). The molecular weight excluding hydrogens is 222 g/mol. The minimum absolute atomic E-state index is 0.557. The number of tetrazole rings is 1. The summed E-state index contributed by atoms with van der Waals surface area (Å²) in [5.41, 5.74) is 5.93. The molecule has 2 aromatic rings. The predicted octanol–water partition coefficient (Wildman–Crippen LogP) is -0.703. The van der Waals surface area contributed by atoms with Crippen molar-refractivity contribution >= 4 is 11.5 Å². The van der Waals surface area contributed by atoms with Crippen LogP contribution in [0.4, 0.5) is 5.82 Å². The summed E-state index contributed by atoms with van der Waals surface area (Å²) in [5, 5.41) is 14.4. The smallest absolute Gasteiger partial charge is 0.199 e. The van der Waals surface area contributed by atoms with E-state index in [1.807, 2.05) is 0 Å². The molecule has 0 fully saturated rings.